The second-order valence-corrected chi connectivity index (χ2v) is 8.06. The number of carbonyl (C=O) groups is 1. The van der Waals surface area contributed by atoms with Gasteiger partial charge in [0.25, 0.3) is 5.56 Å². The van der Waals surface area contributed by atoms with E-state index >= 15 is 0 Å². The Bertz CT molecular complexity index is 847. The molecule has 1 atom stereocenters. The first-order valence-corrected chi connectivity index (χ1v) is 10.0. The van der Waals surface area contributed by atoms with Gasteiger partial charge in [-0.1, -0.05) is 36.4 Å². The van der Waals surface area contributed by atoms with Gasteiger partial charge in [-0.2, -0.15) is 0 Å². The second-order valence-electron chi connectivity index (χ2n) is 5.78. The number of benzene rings is 1. The molecule has 7 heteroatoms. The van der Waals surface area contributed by atoms with Crippen molar-refractivity contribution in [2.45, 2.75) is 42.0 Å². The molecule has 0 fully saturated rings. The average Bonchev–Trinajstić information content (AvgIpc) is 3.09. The Hall–Kier alpha value is -1.73. The number of carbonyl (C=O) groups excluding carboxylic acids is 1. The highest BCUT2D eigenvalue weighted by Crippen LogP contribution is 2.32. The van der Waals surface area contributed by atoms with E-state index in [2.05, 4.69) is 0 Å². The molecule has 1 unspecified atom stereocenters. The zero-order valence-electron chi connectivity index (χ0n) is 14.4. The minimum absolute atomic E-state index is 0.0569. The molecular weight excluding hydrogens is 356 g/mol. The molecule has 25 heavy (non-hydrogen) atoms. The lowest BCUT2D eigenvalue weighted by Crippen LogP contribution is -2.26. The summed E-state index contributed by atoms with van der Waals surface area (Å²) in [5, 5.41) is 0.160. The highest BCUT2D eigenvalue weighted by atomic mass is 32.2. The normalized spacial score (nSPS) is 14.2. The Morgan fingerprint density at radius 3 is 2.76 bits per heavy atom. The van der Waals surface area contributed by atoms with E-state index in [-0.39, 0.29) is 16.8 Å². The molecule has 0 spiro atoms. The first kappa shape index (κ1) is 18.1. The second kappa shape index (κ2) is 7.66. The van der Waals surface area contributed by atoms with Crippen molar-refractivity contribution in [3.8, 4) is 5.69 Å². The highest BCUT2D eigenvalue weighted by molar-refractivity contribution is 8.00. The predicted octanol–water partition coefficient (Wildman–Crippen LogP) is 3.23. The van der Waals surface area contributed by atoms with Crippen LogP contribution in [0.15, 0.2) is 39.1 Å². The zero-order chi connectivity index (χ0) is 18.0. The van der Waals surface area contributed by atoms with Crippen molar-refractivity contribution in [3.63, 3.8) is 0 Å². The summed E-state index contributed by atoms with van der Waals surface area (Å²) >= 11 is 2.85. The number of thioether (sulfide) groups is 2. The molecule has 1 aliphatic heterocycles. The lowest BCUT2D eigenvalue weighted by Gasteiger charge is -2.17. The molecule has 0 amide bonds. The average molecular weight is 377 g/mol. The van der Waals surface area contributed by atoms with Crippen LogP contribution in [0, 0.1) is 6.92 Å². The Morgan fingerprint density at radius 2 is 2.12 bits per heavy atom. The number of nitrogens with zero attached hydrogens (tertiary/aromatic N) is 2. The third-order valence-corrected chi connectivity index (χ3v) is 6.44. The first-order chi connectivity index (χ1) is 12.0. The SMILES string of the molecule is CCC(Sc1nc2c(c(=O)n1-c1ccc(C)cc1)SCC2)C(=O)OC. The molecule has 0 saturated carbocycles. The van der Waals surface area contributed by atoms with Crippen LogP contribution >= 0.6 is 23.5 Å². The maximum absolute atomic E-state index is 13.0. The van der Waals surface area contributed by atoms with Crippen LogP contribution < -0.4 is 5.56 Å². The van der Waals surface area contributed by atoms with E-state index in [4.69, 9.17) is 9.72 Å². The Morgan fingerprint density at radius 1 is 1.40 bits per heavy atom. The topological polar surface area (TPSA) is 61.2 Å². The Kier molecular flexibility index (Phi) is 5.54. The number of hydrogen-bond acceptors (Lipinski definition) is 6. The van der Waals surface area contributed by atoms with Crippen molar-refractivity contribution in [1.29, 1.82) is 0 Å². The largest absolute Gasteiger partial charge is 0.468 e. The van der Waals surface area contributed by atoms with Crippen LogP contribution in [0.5, 0.6) is 0 Å². The van der Waals surface area contributed by atoms with Gasteiger partial charge in [0.1, 0.15) is 5.25 Å². The van der Waals surface area contributed by atoms with Crippen molar-refractivity contribution in [3.05, 3.63) is 45.9 Å². The smallest absolute Gasteiger partial charge is 0.319 e. The minimum Gasteiger partial charge on any atom is -0.468 e. The van der Waals surface area contributed by atoms with Crippen LogP contribution in [0.2, 0.25) is 0 Å². The number of rotatable bonds is 5. The molecular formula is C18H20N2O3S2. The summed E-state index contributed by atoms with van der Waals surface area (Å²) in [7, 11) is 1.38. The van der Waals surface area contributed by atoms with Crippen molar-refractivity contribution < 1.29 is 9.53 Å². The first-order valence-electron chi connectivity index (χ1n) is 8.15. The van der Waals surface area contributed by atoms with Crippen molar-refractivity contribution in [2.75, 3.05) is 12.9 Å². The van der Waals surface area contributed by atoms with Gasteiger partial charge in [0, 0.05) is 12.2 Å². The molecule has 1 aromatic carbocycles. The lowest BCUT2D eigenvalue weighted by atomic mass is 10.2. The number of hydrogen-bond donors (Lipinski definition) is 0. The highest BCUT2D eigenvalue weighted by Gasteiger charge is 2.26. The van der Waals surface area contributed by atoms with Crippen molar-refractivity contribution in [1.82, 2.24) is 9.55 Å². The number of fused-ring (bicyclic) bond motifs is 1. The van der Waals surface area contributed by atoms with E-state index in [0.29, 0.717) is 11.6 Å². The molecule has 0 radical (unpaired) electrons. The number of methoxy groups -OCH3 is 1. The summed E-state index contributed by atoms with van der Waals surface area (Å²) in [6.07, 6.45) is 1.39. The molecule has 0 saturated heterocycles. The lowest BCUT2D eigenvalue weighted by molar-refractivity contribution is -0.140. The van der Waals surface area contributed by atoms with Crippen molar-refractivity contribution in [2.24, 2.45) is 0 Å². The van der Waals surface area contributed by atoms with E-state index in [1.807, 2.05) is 38.1 Å². The van der Waals surface area contributed by atoms with Gasteiger partial charge in [-0.25, -0.2) is 4.98 Å². The molecule has 3 rings (SSSR count). The summed E-state index contributed by atoms with van der Waals surface area (Å²) in [6.45, 7) is 3.93. The molecule has 1 aliphatic rings. The van der Waals surface area contributed by atoms with Crippen LogP contribution in [-0.2, 0) is 16.0 Å². The molecule has 0 bridgehead atoms. The van der Waals surface area contributed by atoms with Crippen LogP contribution in [0.4, 0.5) is 0 Å². The maximum atomic E-state index is 13.0. The third kappa shape index (κ3) is 3.62. The van der Waals surface area contributed by atoms with E-state index in [1.165, 1.54) is 18.9 Å². The van der Waals surface area contributed by atoms with E-state index in [9.17, 15) is 9.59 Å². The van der Waals surface area contributed by atoms with Crippen LogP contribution in [0.25, 0.3) is 5.69 Å². The van der Waals surface area contributed by atoms with Gasteiger partial charge >= 0.3 is 5.97 Å². The fourth-order valence-electron chi connectivity index (χ4n) is 2.65. The Balaban J connectivity index is 2.13. The van der Waals surface area contributed by atoms with Gasteiger partial charge in [0.05, 0.1) is 23.4 Å². The van der Waals surface area contributed by atoms with Gasteiger partial charge in [-0.3, -0.25) is 14.2 Å². The summed E-state index contributed by atoms with van der Waals surface area (Å²) < 4.78 is 6.50. The molecule has 2 heterocycles. The molecule has 1 aromatic heterocycles. The quantitative estimate of drug-likeness (QED) is 0.454. The minimum atomic E-state index is -0.388. The van der Waals surface area contributed by atoms with Crippen LogP contribution in [-0.4, -0.2) is 33.6 Å². The molecule has 2 aromatic rings. The van der Waals surface area contributed by atoms with E-state index in [0.717, 1.165) is 34.0 Å². The Labute approximate surface area is 155 Å². The summed E-state index contributed by atoms with van der Waals surface area (Å²) in [5.74, 6) is 0.570. The fourth-order valence-corrected chi connectivity index (χ4v) is 4.75. The summed E-state index contributed by atoms with van der Waals surface area (Å²) in [5.41, 5.74) is 2.66. The number of ether oxygens (including phenoxy) is 1. The van der Waals surface area contributed by atoms with Crippen LogP contribution in [0.3, 0.4) is 0 Å². The van der Waals surface area contributed by atoms with Gasteiger partial charge in [-0.05, 0) is 25.5 Å². The maximum Gasteiger partial charge on any atom is 0.319 e. The fraction of sp³-hybridized carbons (Fsp3) is 0.389. The molecule has 0 aliphatic carbocycles. The number of aryl methyl sites for hydroxylation is 2. The monoisotopic (exact) mass is 376 g/mol. The molecule has 0 N–H and O–H groups in total. The van der Waals surface area contributed by atoms with Gasteiger partial charge in [-0.15, -0.1) is 11.8 Å². The van der Waals surface area contributed by atoms with E-state index in [1.54, 1.807) is 16.3 Å². The zero-order valence-corrected chi connectivity index (χ0v) is 16.1. The van der Waals surface area contributed by atoms with E-state index < -0.39 is 0 Å². The van der Waals surface area contributed by atoms with Gasteiger partial charge < -0.3 is 4.74 Å². The number of aromatic nitrogens is 2. The van der Waals surface area contributed by atoms with Gasteiger partial charge in [0.15, 0.2) is 5.16 Å². The van der Waals surface area contributed by atoms with Gasteiger partial charge in [0.2, 0.25) is 0 Å². The van der Waals surface area contributed by atoms with Crippen molar-refractivity contribution >= 4 is 29.5 Å². The predicted molar refractivity (Wildman–Crippen MR) is 101 cm³/mol. The summed E-state index contributed by atoms with van der Waals surface area (Å²) in [6, 6.07) is 7.75. The summed E-state index contributed by atoms with van der Waals surface area (Å²) in [4.78, 5) is 30.5. The number of esters is 1. The molecule has 5 nitrogen and oxygen atoms in total. The third-order valence-electron chi connectivity index (χ3n) is 4.04. The standard InChI is InChI=1S/C18H20N2O3S2/c1-4-14(17(22)23-3)25-18-19-13-9-10-24-15(13)16(21)20(18)12-7-5-11(2)6-8-12/h5-8,14H,4,9-10H2,1-3H3. The van der Waals surface area contributed by atoms with Crippen LogP contribution in [0.1, 0.15) is 24.6 Å². The molecule has 132 valence electrons.